The Bertz CT molecular complexity index is 1850. The molecule has 0 bridgehead atoms. The van der Waals surface area contributed by atoms with Crippen LogP contribution in [0.25, 0.3) is 0 Å². The van der Waals surface area contributed by atoms with Crippen molar-refractivity contribution in [3.05, 3.63) is 0 Å². The number of rotatable bonds is 72. The number of carbonyl (C=O) groups excluding carboxylic acids is 4. The zero-order chi connectivity index (χ0) is 69.6. The third-order valence-electron chi connectivity index (χ3n) is 18.0. The first-order chi connectivity index (χ1) is 45.2. The Hall–Kier alpha value is -1.94. The number of esters is 4. The minimum absolute atomic E-state index is 0.106. The Kier molecular flexibility index (Phi) is 63.1. The Morgan fingerprint density at radius 2 is 0.511 bits per heavy atom. The van der Waals surface area contributed by atoms with Crippen molar-refractivity contribution in [2.24, 2.45) is 23.7 Å². The number of aliphatic hydroxyl groups is 1. The van der Waals surface area contributed by atoms with E-state index >= 15 is 0 Å². The molecule has 0 aliphatic heterocycles. The molecule has 0 aromatic rings. The van der Waals surface area contributed by atoms with E-state index in [1.54, 1.807) is 0 Å². The summed E-state index contributed by atoms with van der Waals surface area (Å²) in [6.07, 6.45) is 48.6. The lowest BCUT2D eigenvalue weighted by Crippen LogP contribution is -2.30. The monoisotopic (exact) mass is 1380 g/mol. The number of phosphoric acid groups is 2. The van der Waals surface area contributed by atoms with Gasteiger partial charge in [-0.15, -0.1) is 0 Å². The van der Waals surface area contributed by atoms with Gasteiger partial charge in [0.1, 0.15) is 19.3 Å². The van der Waals surface area contributed by atoms with E-state index in [9.17, 15) is 43.2 Å². The molecule has 19 heteroatoms. The van der Waals surface area contributed by atoms with Crippen molar-refractivity contribution in [2.75, 3.05) is 39.6 Å². The van der Waals surface area contributed by atoms with Gasteiger partial charge in [0.25, 0.3) is 0 Å². The normalized spacial score (nSPS) is 14.7. The number of aliphatic hydroxyl groups excluding tert-OH is 1. The maximum Gasteiger partial charge on any atom is 0.472 e. The molecule has 5 unspecified atom stereocenters. The fourth-order valence-electron chi connectivity index (χ4n) is 11.3. The highest BCUT2D eigenvalue weighted by molar-refractivity contribution is 7.47. The molecule has 17 nitrogen and oxygen atoms in total. The molecule has 0 aromatic heterocycles. The van der Waals surface area contributed by atoms with Crippen LogP contribution in [-0.4, -0.2) is 96.7 Å². The first kappa shape index (κ1) is 92.1. The van der Waals surface area contributed by atoms with Crippen molar-refractivity contribution in [1.29, 1.82) is 0 Å². The Morgan fingerprint density at radius 1 is 0.298 bits per heavy atom. The lowest BCUT2D eigenvalue weighted by molar-refractivity contribution is -0.161. The van der Waals surface area contributed by atoms with E-state index in [0.717, 1.165) is 120 Å². The molecular weight excluding hydrogens is 1230 g/mol. The lowest BCUT2D eigenvalue weighted by Gasteiger charge is -2.21. The molecule has 94 heavy (non-hydrogen) atoms. The molecule has 0 saturated heterocycles. The quantitative estimate of drug-likeness (QED) is 0.0222. The van der Waals surface area contributed by atoms with Crippen molar-refractivity contribution in [3.63, 3.8) is 0 Å². The number of carbonyl (C=O) groups is 4. The maximum absolute atomic E-state index is 13.1. The SMILES string of the molecule is CCC(C)CCCCCCCCCCCCCCCCC(=O)O[C@H](COC(=O)CCCCCCCCCC(C)C)COP(=O)(O)OCC(O)COP(=O)(O)OC[C@@H](COC(=O)CCCCCCCCC(C)CC)OC(=O)CCCCCCCCCCCCCCCC(C)C. The highest BCUT2D eigenvalue weighted by atomic mass is 31.2. The van der Waals surface area contributed by atoms with Gasteiger partial charge in [0.15, 0.2) is 12.2 Å². The fraction of sp³-hybridized carbons (Fsp3) is 0.947. The molecule has 0 radical (unpaired) electrons. The maximum atomic E-state index is 13.1. The molecule has 0 amide bonds. The predicted molar refractivity (Wildman–Crippen MR) is 381 cm³/mol. The van der Waals surface area contributed by atoms with Gasteiger partial charge in [-0.05, 0) is 49.4 Å². The molecule has 0 aromatic carbocycles. The second kappa shape index (κ2) is 64.4. The minimum Gasteiger partial charge on any atom is -0.462 e. The van der Waals surface area contributed by atoms with Crippen molar-refractivity contribution in [2.45, 2.75) is 395 Å². The van der Waals surface area contributed by atoms with Gasteiger partial charge in [-0.25, -0.2) is 9.13 Å². The van der Waals surface area contributed by atoms with Crippen molar-refractivity contribution in [3.8, 4) is 0 Å². The van der Waals surface area contributed by atoms with Gasteiger partial charge in [0, 0.05) is 25.7 Å². The standard InChI is InChI=1S/C75H146O17P2/c1-9-67(7)53-45-37-29-23-19-15-11-12-16-20-24-30-41-49-57-74(79)91-70(61-85-72(77)55-47-39-32-26-28-36-44-52-66(5)6)63-89-93(81,82)87-59-69(76)60-88-94(83,84)90-64-71(62-86-73(78)56-48-40-34-33-38-46-54-68(8)10-2)92-75(80)58-50-42-31-25-21-17-13-14-18-22-27-35-43-51-65(3)4/h65-71,76H,9-64H2,1-8H3,(H,81,82)(H,83,84)/t67?,68?,69?,70-,71-/m1/s1. The van der Waals surface area contributed by atoms with E-state index in [0.29, 0.717) is 31.6 Å². The molecule has 0 aliphatic rings. The van der Waals surface area contributed by atoms with Crippen LogP contribution in [0.4, 0.5) is 0 Å². The Labute approximate surface area is 575 Å². The van der Waals surface area contributed by atoms with Gasteiger partial charge < -0.3 is 33.8 Å². The van der Waals surface area contributed by atoms with Crippen molar-refractivity contribution >= 4 is 39.5 Å². The second-order valence-corrected chi connectivity index (χ2v) is 31.4. The molecule has 0 fully saturated rings. The van der Waals surface area contributed by atoms with E-state index < -0.39 is 97.5 Å². The van der Waals surface area contributed by atoms with Crippen LogP contribution < -0.4 is 0 Å². The van der Waals surface area contributed by atoms with Crippen LogP contribution in [0.5, 0.6) is 0 Å². The number of hydrogen-bond acceptors (Lipinski definition) is 15. The van der Waals surface area contributed by atoms with Crippen LogP contribution in [0.15, 0.2) is 0 Å². The molecule has 0 spiro atoms. The third kappa shape index (κ3) is 66.0. The van der Waals surface area contributed by atoms with Crippen molar-refractivity contribution in [1.82, 2.24) is 0 Å². The first-order valence-electron chi connectivity index (χ1n) is 38.8. The molecule has 0 aliphatic carbocycles. The average molecular weight is 1380 g/mol. The fourth-order valence-corrected chi connectivity index (χ4v) is 12.9. The topological polar surface area (TPSA) is 237 Å². The number of ether oxygens (including phenoxy) is 4. The zero-order valence-electron chi connectivity index (χ0n) is 61.6. The Morgan fingerprint density at radius 3 is 0.755 bits per heavy atom. The third-order valence-corrected chi connectivity index (χ3v) is 19.9. The largest absolute Gasteiger partial charge is 0.472 e. The molecule has 0 rings (SSSR count). The van der Waals surface area contributed by atoms with Crippen LogP contribution in [0.3, 0.4) is 0 Å². The second-order valence-electron chi connectivity index (χ2n) is 28.5. The van der Waals surface area contributed by atoms with E-state index in [1.165, 1.54) is 167 Å². The average Bonchev–Trinajstić information content (AvgIpc) is 2.44. The summed E-state index contributed by atoms with van der Waals surface area (Å²) < 4.78 is 68.5. The summed E-state index contributed by atoms with van der Waals surface area (Å²) in [7, 11) is -9.91. The van der Waals surface area contributed by atoms with E-state index in [4.69, 9.17) is 37.0 Å². The summed E-state index contributed by atoms with van der Waals surface area (Å²) in [6, 6.07) is 0. The molecule has 7 atom stereocenters. The van der Waals surface area contributed by atoms with E-state index in [2.05, 4.69) is 55.4 Å². The predicted octanol–water partition coefficient (Wildman–Crippen LogP) is 21.7. The van der Waals surface area contributed by atoms with E-state index in [-0.39, 0.29) is 25.7 Å². The summed E-state index contributed by atoms with van der Waals surface area (Å²) in [5, 5.41) is 10.6. The zero-order valence-corrected chi connectivity index (χ0v) is 63.4. The summed E-state index contributed by atoms with van der Waals surface area (Å²) >= 11 is 0. The molecule has 3 N–H and O–H groups in total. The van der Waals surface area contributed by atoms with Crippen LogP contribution in [0, 0.1) is 23.7 Å². The summed E-state index contributed by atoms with van der Waals surface area (Å²) in [5.74, 6) is 0.944. The lowest BCUT2D eigenvalue weighted by atomic mass is 9.99. The molecular formula is C75H146O17P2. The number of phosphoric ester groups is 2. The van der Waals surface area contributed by atoms with Gasteiger partial charge in [0.05, 0.1) is 26.4 Å². The molecule has 0 heterocycles. The minimum atomic E-state index is -4.96. The van der Waals surface area contributed by atoms with E-state index in [1.807, 2.05) is 0 Å². The summed E-state index contributed by atoms with van der Waals surface area (Å²) in [4.78, 5) is 72.7. The number of unbranched alkanes of at least 4 members (excludes halogenated alkanes) is 36. The van der Waals surface area contributed by atoms with Crippen LogP contribution in [-0.2, 0) is 65.4 Å². The Balaban J connectivity index is 5.22. The first-order valence-corrected chi connectivity index (χ1v) is 41.8. The van der Waals surface area contributed by atoms with Crippen LogP contribution in [0.1, 0.15) is 376 Å². The van der Waals surface area contributed by atoms with Gasteiger partial charge >= 0.3 is 39.5 Å². The highest BCUT2D eigenvalue weighted by Crippen LogP contribution is 2.45. The molecule has 558 valence electrons. The summed E-state index contributed by atoms with van der Waals surface area (Å²) in [6.45, 7) is 14.2. The van der Waals surface area contributed by atoms with Crippen LogP contribution >= 0.6 is 15.6 Å². The van der Waals surface area contributed by atoms with Crippen LogP contribution in [0.2, 0.25) is 0 Å². The highest BCUT2D eigenvalue weighted by Gasteiger charge is 2.30. The van der Waals surface area contributed by atoms with Gasteiger partial charge in [0.2, 0.25) is 0 Å². The van der Waals surface area contributed by atoms with Crippen molar-refractivity contribution < 1.29 is 80.2 Å². The smallest absolute Gasteiger partial charge is 0.462 e. The number of hydrogen-bond donors (Lipinski definition) is 3. The summed E-state index contributed by atoms with van der Waals surface area (Å²) in [5.41, 5.74) is 0. The van der Waals surface area contributed by atoms with Gasteiger partial charge in [-0.2, -0.15) is 0 Å². The molecule has 0 saturated carbocycles. The van der Waals surface area contributed by atoms with Gasteiger partial charge in [-0.3, -0.25) is 37.3 Å². The van der Waals surface area contributed by atoms with Gasteiger partial charge in [-0.1, -0.05) is 325 Å².